The van der Waals surface area contributed by atoms with E-state index in [1.165, 1.54) is 29.5 Å². The van der Waals surface area contributed by atoms with Crippen LogP contribution in [-0.2, 0) is 11.3 Å². The highest BCUT2D eigenvalue weighted by molar-refractivity contribution is 5.77. The normalized spacial score (nSPS) is 25.5. The average molecular weight is 330 g/mol. The van der Waals surface area contributed by atoms with E-state index in [2.05, 4.69) is 36.9 Å². The van der Waals surface area contributed by atoms with E-state index in [1.54, 1.807) is 0 Å². The number of benzene rings is 1. The van der Waals surface area contributed by atoms with Crippen LogP contribution in [0.2, 0.25) is 0 Å². The molecular formula is C20H30N2O2. The molecule has 2 aliphatic heterocycles. The summed E-state index contributed by atoms with van der Waals surface area (Å²) in [5.41, 5.74) is 4.31. The standard InChI is InChI=1S/C20H30N2O2/c1-16-4-5-18(12-17(16)2)13-21-9-3-7-20(14-21)8-6-19(24)22(15-20)10-11-23/h4-5,12,23H,3,6-11,13-15H2,1-2H3. The number of hydrogen-bond donors (Lipinski definition) is 1. The quantitative estimate of drug-likeness (QED) is 0.922. The molecule has 4 nitrogen and oxygen atoms in total. The molecule has 3 rings (SSSR count). The van der Waals surface area contributed by atoms with Gasteiger partial charge in [-0.15, -0.1) is 0 Å². The van der Waals surface area contributed by atoms with Crippen molar-refractivity contribution in [1.82, 2.24) is 9.80 Å². The molecule has 4 heteroatoms. The van der Waals surface area contributed by atoms with Gasteiger partial charge in [0, 0.05) is 38.0 Å². The van der Waals surface area contributed by atoms with Crippen LogP contribution in [0.3, 0.4) is 0 Å². The summed E-state index contributed by atoms with van der Waals surface area (Å²) in [4.78, 5) is 16.5. The number of aryl methyl sites for hydroxylation is 2. The predicted octanol–water partition coefficient (Wildman–Crippen LogP) is 2.50. The van der Waals surface area contributed by atoms with Crippen molar-refractivity contribution in [2.75, 3.05) is 32.8 Å². The molecule has 1 aromatic rings. The lowest BCUT2D eigenvalue weighted by atomic mass is 9.73. The lowest BCUT2D eigenvalue weighted by Crippen LogP contribution is -2.54. The minimum Gasteiger partial charge on any atom is -0.395 e. The lowest BCUT2D eigenvalue weighted by Gasteiger charge is -2.48. The number of hydrogen-bond acceptors (Lipinski definition) is 3. The van der Waals surface area contributed by atoms with E-state index >= 15 is 0 Å². The smallest absolute Gasteiger partial charge is 0.222 e. The number of rotatable bonds is 4. The van der Waals surface area contributed by atoms with E-state index < -0.39 is 0 Å². The Morgan fingerprint density at radius 1 is 1.17 bits per heavy atom. The maximum absolute atomic E-state index is 12.1. The molecule has 1 N–H and O–H groups in total. The van der Waals surface area contributed by atoms with Crippen LogP contribution in [0.1, 0.15) is 42.4 Å². The summed E-state index contributed by atoms with van der Waals surface area (Å²) in [7, 11) is 0. The van der Waals surface area contributed by atoms with Gasteiger partial charge in [-0.05, 0) is 56.3 Å². The van der Waals surface area contributed by atoms with Gasteiger partial charge < -0.3 is 10.0 Å². The third kappa shape index (κ3) is 3.81. The summed E-state index contributed by atoms with van der Waals surface area (Å²) in [6, 6.07) is 6.76. The minimum atomic E-state index is 0.0637. The van der Waals surface area contributed by atoms with Crippen molar-refractivity contribution in [3.63, 3.8) is 0 Å². The van der Waals surface area contributed by atoms with Gasteiger partial charge in [0.25, 0.3) is 0 Å². The summed E-state index contributed by atoms with van der Waals surface area (Å²) >= 11 is 0. The number of likely N-dealkylation sites (tertiary alicyclic amines) is 2. The molecule has 0 saturated carbocycles. The monoisotopic (exact) mass is 330 g/mol. The Hall–Kier alpha value is -1.39. The summed E-state index contributed by atoms with van der Waals surface area (Å²) in [6.45, 7) is 8.90. The Morgan fingerprint density at radius 3 is 2.75 bits per heavy atom. The largest absolute Gasteiger partial charge is 0.395 e. The van der Waals surface area contributed by atoms with Crippen molar-refractivity contribution in [1.29, 1.82) is 0 Å². The van der Waals surface area contributed by atoms with Crippen molar-refractivity contribution in [2.24, 2.45) is 5.41 Å². The first-order chi connectivity index (χ1) is 11.5. The number of nitrogens with zero attached hydrogens (tertiary/aromatic N) is 2. The number of carbonyl (C=O) groups is 1. The molecule has 2 fully saturated rings. The minimum absolute atomic E-state index is 0.0637. The highest BCUT2D eigenvalue weighted by atomic mass is 16.3. The molecule has 24 heavy (non-hydrogen) atoms. The predicted molar refractivity (Wildman–Crippen MR) is 95.8 cm³/mol. The molecule has 2 saturated heterocycles. The van der Waals surface area contributed by atoms with Gasteiger partial charge in [-0.2, -0.15) is 0 Å². The van der Waals surface area contributed by atoms with Gasteiger partial charge in [0.1, 0.15) is 0 Å². The van der Waals surface area contributed by atoms with Crippen LogP contribution in [0.5, 0.6) is 0 Å². The van der Waals surface area contributed by atoms with E-state index in [1.807, 2.05) is 4.90 Å². The molecule has 0 radical (unpaired) electrons. The molecular weight excluding hydrogens is 300 g/mol. The fourth-order valence-electron chi connectivity index (χ4n) is 4.37. The molecule has 1 amide bonds. The maximum atomic E-state index is 12.1. The molecule has 2 heterocycles. The first-order valence-electron chi connectivity index (χ1n) is 9.18. The van der Waals surface area contributed by atoms with Gasteiger partial charge in [-0.3, -0.25) is 9.69 Å². The van der Waals surface area contributed by atoms with Gasteiger partial charge >= 0.3 is 0 Å². The van der Waals surface area contributed by atoms with E-state index in [-0.39, 0.29) is 17.9 Å². The SMILES string of the molecule is Cc1ccc(CN2CCCC3(CCC(=O)N(CCO)C3)C2)cc1C. The van der Waals surface area contributed by atoms with Crippen molar-refractivity contribution in [2.45, 2.75) is 46.1 Å². The number of piperidine rings is 2. The van der Waals surface area contributed by atoms with Crippen molar-refractivity contribution < 1.29 is 9.90 Å². The van der Waals surface area contributed by atoms with Gasteiger partial charge in [-0.1, -0.05) is 18.2 Å². The first kappa shape index (κ1) is 17.4. The third-order valence-corrected chi connectivity index (χ3v) is 5.84. The molecule has 1 aromatic carbocycles. The van der Waals surface area contributed by atoms with Crippen LogP contribution in [0.15, 0.2) is 18.2 Å². The lowest BCUT2D eigenvalue weighted by molar-refractivity contribution is -0.140. The third-order valence-electron chi connectivity index (χ3n) is 5.84. The number of aliphatic hydroxyl groups excluding tert-OH is 1. The summed E-state index contributed by atoms with van der Waals surface area (Å²) in [5, 5.41) is 9.21. The van der Waals surface area contributed by atoms with Gasteiger partial charge in [0.05, 0.1) is 6.61 Å². The van der Waals surface area contributed by atoms with E-state index in [9.17, 15) is 9.90 Å². The summed E-state index contributed by atoms with van der Waals surface area (Å²) in [6.07, 6.45) is 4.03. The fourth-order valence-corrected chi connectivity index (χ4v) is 4.37. The zero-order valence-electron chi connectivity index (χ0n) is 15.1. The van der Waals surface area contributed by atoms with Crippen LogP contribution in [0.4, 0.5) is 0 Å². The molecule has 0 bridgehead atoms. The van der Waals surface area contributed by atoms with Crippen LogP contribution in [0.25, 0.3) is 0 Å². The molecule has 0 aromatic heterocycles. The second-order valence-corrected chi connectivity index (χ2v) is 7.77. The second-order valence-electron chi connectivity index (χ2n) is 7.77. The zero-order valence-corrected chi connectivity index (χ0v) is 15.1. The highest BCUT2D eigenvalue weighted by Crippen LogP contribution is 2.39. The van der Waals surface area contributed by atoms with Crippen LogP contribution in [0, 0.1) is 19.3 Å². The fraction of sp³-hybridized carbons (Fsp3) is 0.650. The van der Waals surface area contributed by atoms with E-state index in [0.29, 0.717) is 13.0 Å². The van der Waals surface area contributed by atoms with Crippen molar-refractivity contribution in [3.05, 3.63) is 34.9 Å². The Balaban J connectivity index is 1.67. The number of β-amino-alcohol motifs (C(OH)–C–C–N with tert-alkyl or cyclic N) is 1. The average Bonchev–Trinajstić information content (AvgIpc) is 2.55. The number of carbonyl (C=O) groups excluding carboxylic acids is 1. The topological polar surface area (TPSA) is 43.8 Å². The van der Waals surface area contributed by atoms with Crippen LogP contribution in [-0.4, -0.2) is 53.6 Å². The number of amides is 1. The van der Waals surface area contributed by atoms with Gasteiger partial charge in [-0.25, -0.2) is 0 Å². The Labute approximate surface area is 145 Å². The Morgan fingerprint density at radius 2 is 2.00 bits per heavy atom. The first-order valence-corrected chi connectivity index (χ1v) is 9.18. The molecule has 0 aliphatic carbocycles. The maximum Gasteiger partial charge on any atom is 0.222 e. The second kappa shape index (κ2) is 7.24. The van der Waals surface area contributed by atoms with Crippen molar-refractivity contribution in [3.8, 4) is 0 Å². The zero-order chi connectivity index (χ0) is 17.2. The summed E-state index contributed by atoms with van der Waals surface area (Å²) in [5.74, 6) is 0.209. The molecule has 2 aliphatic rings. The van der Waals surface area contributed by atoms with E-state index in [0.717, 1.165) is 32.6 Å². The van der Waals surface area contributed by atoms with E-state index in [4.69, 9.17) is 0 Å². The Kier molecular flexibility index (Phi) is 5.26. The van der Waals surface area contributed by atoms with Crippen molar-refractivity contribution >= 4 is 5.91 Å². The van der Waals surface area contributed by atoms with Crippen LogP contribution < -0.4 is 0 Å². The Bertz CT molecular complexity index is 601. The molecule has 1 atom stereocenters. The number of aliphatic hydroxyl groups is 1. The molecule has 1 spiro atoms. The van der Waals surface area contributed by atoms with Crippen LogP contribution >= 0.6 is 0 Å². The summed E-state index contributed by atoms with van der Waals surface area (Å²) < 4.78 is 0. The highest BCUT2D eigenvalue weighted by Gasteiger charge is 2.41. The molecule has 1 unspecified atom stereocenters. The molecule has 132 valence electrons. The van der Waals surface area contributed by atoms with Gasteiger partial charge in [0.2, 0.25) is 5.91 Å². The van der Waals surface area contributed by atoms with Gasteiger partial charge in [0.15, 0.2) is 0 Å².